The summed E-state index contributed by atoms with van der Waals surface area (Å²) in [6, 6.07) is 9.71. The number of carbonyl (C=O) groups is 2. The number of thiazole rings is 1. The lowest BCUT2D eigenvalue weighted by molar-refractivity contribution is -0.115. The maximum absolute atomic E-state index is 12.4. The molecule has 40 heavy (non-hydrogen) atoms. The number of rotatable bonds is 12. The third-order valence-corrected chi connectivity index (χ3v) is 7.07. The number of aromatic nitrogens is 2. The number of anilines is 1. The fraction of sp³-hybridized carbons (Fsp3) is 0.516. The summed E-state index contributed by atoms with van der Waals surface area (Å²) in [7, 11) is 1.83. The number of nitrogens with one attached hydrogen (secondary N) is 2. The summed E-state index contributed by atoms with van der Waals surface area (Å²) in [5, 5.41) is 7.70. The van der Waals surface area contributed by atoms with Crippen LogP contribution in [0.5, 0.6) is 0 Å². The summed E-state index contributed by atoms with van der Waals surface area (Å²) in [5.41, 5.74) is 3.50. The molecule has 9 heteroatoms. The molecule has 0 radical (unpaired) electrons. The molecule has 6 nitrogen and oxygen atoms in total. The zero-order valence-electron chi connectivity index (χ0n) is 25.0. The highest BCUT2D eigenvalue weighted by Gasteiger charge is 2.19. The van der Waals surface area contributed by atoms with Crippen LogP contribution in [0.25, 0.3) is 11.3 Å². The minimum absolute atomic E-state index is 0.104. The number of hydrogen-bond donors (Lipinski definition) is 2. The monoisotopic (exact) mass is 576 g/mol. The van der Waals surface area contributed by atoms with Gasteiger partial charge in [0.15, 0.2) is 5.13 Å². The molecule has 0 spiro atoms. The van der Waals surface area contributed by atoms with E-state index in [1.165, 1.54) is 11.3 Å². The minimum Gasteiger partial charge on any atom is -0.356 e. The lowest BCUT2D eigenvalue weighted by atomic mass is 9.93. The lowest BCUT2D eigenvalue weighted by Gasteiger charge is -2.16. The second-order valence-electron chi connectivity index (χ2n) is 9.68. The number of hydrogen-bond acceptors (Lipinski definition) is 4. The Kier molecular flexibility index (Phi) is 16.7. The number of amides is 2. The molecule has 1 aromatic carbocycles. The molecular formula is C31H46F2N4O2S. The Morgan fingerprint density at radius 3 is 2.40 bits per heavy atom. The summed E-state index contributed by atoms with van der Waals surface area (Å²) in [6.07, 6.45) is 5.64. The van der Waals surface area contributed by atoms with Crippen LogP contribution in [0, 0.1) is 18.8 Å². The van der Waals surface area contributed by atoms with Gasteiger partial charge < -0.3 is 15.2 Å². The molecule has 2 aromatic heterocycles. The largest absolute Gasteiger partial charge is 0.356 e. The minimum atomic E-state index is -2.12. The average Bonchev–Trinajstić information content (AvgIpc) is 3.60. The molecule has 2 unspecified atom stereocenters. The van der Waals surface area contributed by atoms with Crippen molar-refractivity contribution in [3.05, 3.63) is 59.2 Å². The zero-order chi connectivity index (χ0) is 30.1. The molecule has 0 saturated carbocycles. The topological polar surface area (TPSA) is 76.0 Å². The van der Waals surface area contributed by atoms with Crippen LogP contribution in [0.15, 0.2) is 48.1 Å². The van der Waals surface area contributed by atoms with Gasteiger partial charge >= 0.3 is 0 Å². The number of benzene rings is 1. The molecule has 2 amide bonds. The molecule has 0 bridgehead atoms. The fourth-order valence-corrected chi connectivity index (χ4v) is 4.54. The quantitative estimate of drug-likeness (QED) is 0.228. The Bertz CT molecular complexity index is 1150. The predicted molar refractivity (Wildman–Crippen MR) is 163 cm³/mol. The Morgan fingerprint density at radius 2 is 1.82 bits per heavy atom. The van der Waals surface area contributed by atoms with Crippen molar-refractivity contribution in [2.24, 2.45) is 18.9 Å². The number of nitrogens with zero attached hydrogens (tertiary/aromatic N) is 2. The van der Waals surface area contributed by atoms with Crippen molar-refractivity contribution in [1.29, 1.82) is 0 Å². The van der Waals surface area contributed by atoms with E-state index < -0.39 is 6.43 Å². The number of carbonyl (C=O) groups excluding carboxylic acids is 2. The van der Waals surface area contributed by atoms with E-state index in [0.29, 0.717) is 29.5 Å². The van der Waals surface area contributed by atoms with Crippen molar-refractivity contribution in [2.45, 2.75) is 80.1 Å². The summed E-state index contributed by atoms with van der Waals surface area (Å²) in [4.78, 5) is 28.3. The van der Waals surface area contributed by atoms with Gasteiger partial charge in [-0.2, -0.15) is 0 Å². The van der Waals surface area contributed by atoms with Crippen LogP contribution >= 0.6 is 11.3 Å². The number of aryl methyl sites for hydroxylation is 2. The van der Waals surface area contributed by atoms with Gasteiger partial charge in [0.05, 0.1) is 17.8 Å². The molecule has 2 heterocycles. The molecule has 2 N–H and O–H groups in total. The third kappa shape index (κ3) is 12.9. The standard InChI is InChI=1S/C18H18N4O2S.C11H22F2.C2H6/c1-12-4-3-5-13(8-12)15-11-25-18(20-15)21-16(23)9-19-17(24)14-6-7-22(2)10-14;1-4-6-10(11(12)13)8-7-9(3)5-2;1-2/h3-8,10-11H,9H2,1-2H3,(H,19,24)(H,20,21,23);9-11H,4-8H2,1-3H3;1-2H3. The SMILES string of the molecule is CC.CCCC(CCC(C)CC)C(F)F.Cc1cccc(-c2csc(NC(=O)CNC(=O)c3ccn(C)c3)n2)c1. The molecule has 3 rings (SSSR count). The first kappa shape index (κ1) is 35.0. The van der Waals surface area contributed by atoms with Crippen LogP contribution in [-0.4, -0.2) is 34.3 Å². The Labute approximate surface area is 242 Å². The number of alkyl halides is 2. The van der Waals surface area contributed by atoms with Crippen LogP contribution in [-0.2, 0) is 11.8 Å². The van der Waals surface area contributed by atoms with Crippen molar-refractivity contribution in [2.75, 3.05) is 11.9 Å². The van der Waals surface area contributed by atoms with Gasteiger partial charge in [0.2, 0.25) is 12.3 Å². The van der Waals surface area contributed by atoms with E-state index in [4.69, 9.17) is 0 Å². The Balaban J connectivity index is 0.000000454. The molecule has 0 fully saturated rings. The average molecular weight is 577 g/mol. The van der Waals surface area contributed by atoms with Crippen molar-refractivity contribution in [1.82, 2.24) is 14.9 Å². The van der Waals surface area contributed by atoms with E-state index in [2.05, 4.69) is 29.5 Å². The van der Waals surface area contributed by atoms with E-state index in [1.807, 2.05) is 64.4 Å². The highest BCUT2D eigenvalue weighted by atomic mass is 32.1. The van der Waals surface area contributed by atoms with Crippen molar-refractivity contribution >= 4 is 28.3 Å². The van der Waals surface area contributed by atoms with Crippen LogP contribution in [0.4, 0.5) is 13.9 Å². The smallest absolute Gasteiger partial charge is 0.253 e. The predicted octanol–water partition coefficient (Wildman–Crippen LogP) is 8.35. The summed E-state index contributed by atoms with van der Waals surface area (Å²) < 4.78 is 26.7. The van der Waals surface area contributed by atoms with E-state index in [-0.39, 0.29) is 24.3 Å². The van der Waals surface area contributed by atoms with Crippen LogP contribution in [0.3, 0.4) is 0 Å². The van der Waals surface area contributed by atoms with Crippen LogP contribution in [0.2, 0.25) is 0 Å². The van der Waals surface area contributed by atoms with Crippen molar-refractivity contribution in [3.8, 4) is 11.3 Å². The molecule has 0 aliphatic carbocycles. The second kappa shape index (κ2) is 19.1. The lowest BCUT2D eigenvalue weighted by Crippen LogP contribution is -2.32. The molecule has 222 valence electrons. The summed E-state index contributed by atoms with van der Waals surface area (Å²) in [5.74, 6) is -0.359. The van der Waals surface area contributed by atoms with Gasteiger partial charge in [-0.1, -0.05) is 77.6 Å². The van der Waals surface area contributed by atoms with Crippen LogP contribution < -0.4 is 10.6 Å². The maximum Gasteiger partial charge on any atom is 0.253 e. The van der Waals surface area contributed by atoms with Gasteiger partial charge in [-0.3, -0.25) is 9.59 Å². The van der Waals surface area contributed by atoms with E-state index in [1.54, 1.807) is 23.0 Å². The highest BCUT2D eigenvalue weighted by Crippen LogP contribution is 2.26. The van der Waals surface area contributed by atoms with Gasteiger partial charge in [0.1, 0.15) is 0 Å². The molecule has 3 aromatic rings. The van der Waals surface area contributed by atoms with E-state index >= 15 is 0 Å². The maximum atomic E-state index is 12.4. The molecule has 2 atom stereocenters. The fourth-order valence-electron chi connectivity index (χ4n) is 3.80. The van der Waals surface area contributed by atoms with Gasteiger partial charge in [-0.15, -0.1) is 11.3 Å². The van der Waals surface area contributed by atoms with Crippen molar-refractivity contribution in [3.63, 3.8) is 0 Å². The first-order chi connectivity index (χ1) is 19.1. The molecule has 0 aliphatic heterocycles. The number of halogens is 2. The van der Waals surface area contributed by atoms with E-state index in [9.17, 15) is 18.4 Å². The second-order valence-corrected chi connectivity index (χ2v) is 10.5. The molecule has 0 saturated heterocycles. The Morgan fingerprint density at radius 1 is 1.10 bits per heavy atom. The van der Waals surface area contributed by atoms with Gasteiger partial charge in [0.25, 0.3) is 5.91 Å². The van der Waals surface area contributed by atoms with Crippen LogP contribution in [0.1, 0.15) is 82.6 Å². The Hall–Kier alpha value is -3.07. The first-order valence-electron chi connectivity index (χ1n) is 14.1. The van der Waals surface area contributed by atoms with E-state index in [0.717, 1.165) is 36.1 Å². The highest BCUT2D eigenvalue weighted by molar-refractivity contribution is 7.14. The molecular weight excluding hydrogens is 530 g/mol. The summed E-state index contributed by atoms with van der Waals surface area (Å²) in [6.45, 7) is 12.1. The van der Waals surface area contributed by atoms with Crippen molar-refractivity contribution < 1.29 is 18.4 Å². The van der Waals surface area contributed by atoms with Gasteiger partial charge in [-0.25, -0.2) is 13.8 Å². The zero-order valence-corrected chi connectivity index (χ0v) is 25.8. The van der Waals surface area contributed by atoms with Gasteiger partial charge in [0, 0.05) is 36.3 Å². The molecule has 0 aliphatic rings. The normalized spacial score (nSPS) is 11.9. The summed E-state index contributed by atoms with van der Waals surface area (Å²) >= 11 is 1.35. The third-order valence-electron chi connectivity index (χ3n) is 6.31. The van der Waals surface area contributed by atoms with Gasteiger partial charge in [-0.05, 0) is 37.8 Å². The first-order valence-corrected chi connectivity index (χ1v) is 15.0.